The van der Waals surface area contributed by atoms with Crippen molar-refractivity contribution in [2.24, 2.45) is 11.3 Å². The highest BCUT2D eigenvalue weighted by molar-refractivity contribution is 6.18. The molecule has 0 rings (SSSR count). The second-order valence-electron chi connectivity index (χ2n) is 3.10. The van der Waals surface area contributed by atoms with E-state index >= 15 is 0 Å². The zero-order valence-corrected chi connectivity index (χ0v) is 7.07. The zero-order valence-electron chi connectivity index (χ0n) is 6.32. The van der Waals surface area contributed by atoms with Crippen molar-refractivity contribution >= 4 is 11.6 Å². The van der Waals surface area contributed by atoms with Crippen LogP contribution in [-0.4, -0.2) is 17.6 Å². The summed E-state index contributed by atoms with van der Waals surface area (Å²) in [4.78, 5) is 0. The van der Waals surface area contributed by atoms with Crippen LogP contribution < -0.4 is 0 Å². The van der Waals surface area contributed by atoms with Gasteiger partial charge in [0.05, 0.1) is 0 Å². The van der Waals surface area contributed by atoms with Crippen molar-refractivity contribution in [1.82, 2.24) is 0 Å². The highest BCUT2D eigenvalue weighted by Gasteiger charge is 2.25. The molecule has 1 nitrogen and oxygen atoms in total. The van der Waals surface area contributed by atoms with Crippen LogP contribution in [0, 0.1) is 11.3 Å². The van der Waals surface area contributed by atoms with Gasteiger partial charge >= 0.3 is 0 Å². The third kappa shape index (κ3) is 2.15. The Balaban J connectivity index is 3.92. The first-order valence-corrected chi connectivity index (χ1v) is 3.77. The fraction of sp³-hybridized carbons (Fsp3) is 1.00. The van der Waals surface area contributed by atoms with Gasteiger partial charge in [-0.15, -0.1) is 11.6 Å². The molecule has 0 aromatic carbocycles. The number of aliphatic hydroxyl groups excluding tert-OH is 1. The number of hydrogen-bond acceptors (Lipinski definition) is 1. The summed E-state index contributed by atoms with van der Waals surface area (Å²) in [5.41, 5.74) is -0.0957. The molecule has 0 amide bonds. The third-order valence-corrected chi connectivity index (χ3v) is 2.67. The minimum absolute atomic E-state index is 0.0957. The Morgan fingerprint density at radius 3 is 2.00 bits per heavy atom. The Bertz CT molecular complexity index is 77.0. The molecule has 1 N–H and O–H groups in total. The monoisotopic (exact) mass is 150 g/mol. The van der Waals surface area contributed by atoms with Gasteiger partial charge in [-0.3, -0.25) is 0 Å². The van der Waals surface area contributed by atoms with E-state index < -0.39 is 0 Å². The van der Waals surface area contributed by atoms with Gasteiger partial charge in [0.15, 0.2) is 0 Å². The van der Waals surface area contributed by atoms with Crippen LogP contribution in [0.4, 0.5) is 0 Å². The average molecular weight is 151 g/mol. The van der Waals surface area contributed by atoms with Crippen LogP contribution >= 0.6 is 11.6 Å². The van der Waals surface area contributed by atoms with Gasteiger partial charge < -0.3 is 5.11 Å². The minimum Gasteiger partial charge on any atom is -0.396 e. The summed E-state index contributed by atoms with van der Waals surface area (Å²) >= 11 is 5.64. The van der Waals surface area contributed by atoms with Crippen molar-refractivity contribution in [1.29, 1.82) is 0 Å². The number of aliphatic hydroxyl groups is 1. The number of hydrogen-bond donors (Lipinski definition) is 1. The van der Waals surface area contributed by atoms with Crippen LogP contribution in [0.15, 0.2) is 0 Å². The van der Waals surface area contributed by atoms with Crippen LogP contribution in [0.25, 0.3) is 0 Å². The molecule has 0 spiro atoms. The molecule has 0 heterocycles. The lowest BCUT2D eigenvalue weighted by Gasteiger charge is -2.28. The van der Waals surface area contributed by atoms with E-state index in [1.165, 1.54) is 0 Å². The van der Waals surface area contributed by atoms with Gasteiger partial charge in [-0.05, 0) is 5.92 Å². The molecule has 0 bridgehead atoms. The predicted molar refractivity (Wildman–Crippen MR) is 40.8 cm³/mol. The highest BCUT2D eigenvalue weighted by Crippen LogP contribution is 2.27. The van der Waals surface area contributed by atoms with E-state index in [9.17, 15) is 0 Å². The number of halogens is 1. The van der Waals surface area contributed by atoms with Crippen LogP contribution in [0.5, 0.6) is 0 Å². The molecule has 0 aliphatic rings. The maximum atomic E-state index is 8.87. The minimum atomic E-state index is -0.0957. The Kier molecular flexibility index (Phi) is 3.52. The molecule has 0 aromatic rings. The second kappa shape index (κ2) is 3.43. The molecule has 0 radical (unpaired) electrons. The van der Waals surface area contributed by atoms with Crippen molar-refractivity contribution in [3.8, 4) is 0 Å². The van der Waals surface area contributed by atoms with Gasteiger partial charge in [-0.2, -0.15) is 0 Å². The van der Waals surface area contributed by atoms with Gasteiger partial charge in [0.2, 0.25) is 0 Å². The first-order valence-electron chi connectivity index (χ1n) is 3.23. The van der Waals surface area contributed by atoms with E-state index in [1.807, 2.05) is 6.92 Å². The topological polar surface area (TPSA) is 20.2 Å². The van der Waals surface area contributed by atoms with Crippen LogP contribution in [-0.2, 0) is 0 Å². The Morgan fingerprint density at radius 2 is 2.00 bits per heavy atom. The maximum Gasteiger partial charge on any atom is 0.0498 e. The lowest BCUT2D eigenvalue weighted by atomic mass is 9.82. The molecule has 2 heteroatoms. The van der Waals surface area contributed by atoms with Crippen LogP contribution in [0.2, 0.25) is 0 Å². The molecule has 1 atom stereocenters. The van der Waals surface area contributed by atoms with Crippen molar-refractivity contribution in [3.05, 3.63) is 0 Å². The van der Waals surface area contributed by atoms with Gasteiger partial charge in [-0.1, -0.05) is 20.8 Å². The zero-order chi connectivity index (χ0) is 7.49. The number of alkyl halides is 1. The van der Waals surface area contributed by atoms with Crippen molar-refractivity contribution in [2.45, 2.75) is 20.8 Å². The highest BCUT2D eigenvalue weighted by atomic mass is 35.5. The Labute approximate surface area is 62.0 Å². The molecule has 0 aliphatic carbocycles. The molecule has 56 valence electrons. The van der Waals surface area contributed by atoms with E-state index in [0.717, 1.165) is 0 Å². The first-order chi connectivity index (χ1) is 4.06. The third-order valence-electron chi connectivity index (χ3n) is 2.06. The molecule has 0 fully saturated rings. The molecular weight excluding hydrogens is 136 g/mol. The maximum absolute atomic E-state index is 8.87. The van der Waals surface area contributed by atoms with Gasteiger partial charge in [0, 0.05) is 17.9 Å². The molecule has 1 unspecified atom stereocenters. The summed E-state index contributed by atoms with van der Waals surface area (Å²) in [6.07, 6.45) is 0. The molecule has 0 aromatic heterocycles. The predicted octanol–water partition coefficient (Wildman–Crippen LogP) is 1.88. The fourth-order valence-electron chi connectivity index (χ4n) is 0.379. The standard InChI is InChI=1S/C7H15ClO/c1-6(2)7(3,4-8)5-9/h6,9H,4-5H2,1-3H3. The van der Waals surface area contributed by atoms with Gasteiger partial charge in [0.1, 0.15) is 0 Å². The summed E-state index contributed by atoms with van der Waals surface area (Å²) in [6, 6.07) is 0. The van der Waals surface area contributed by atoms with Crippen molar-refractivity contribution in [3.63, 3.8) is 0 Å². The van der Waals surface area contributed by atoms with Gasteiger partial charge in [-0.25, -0.2) is 0 Å². The van der Waals surface area contributed by atoms with Gasteiger partial charge in [0.25, 0.3) is 0 Å². The summed E-state index contributed by atoms with van der Waals surface area (Å²) in [5, 5.41) is 8.87. The van der Waals surface area contributed by atoms with Crippen LogP contribution in [0.3, 0.4) is 0 Å². The summed E-state index contributed by atoms with van der Waals surface area (Å²) in [6.45, 7) is 6.30. The van der Waals surface area contributed by atoms with E-state index in [2.05, 4.69) is 13.8 Å². The lowest BCUT2D eigenvalue weighted by molar-refractivity contribution is 0.117. The van der Waals surface area contributed by atoms with E-state index in [4.69, 9.17) is 16.7 Å². The normalized spacial score (nSPS) is 18.0. The average Bonchev–Trinajstić information content (AvgIpc) is 1.86. The molecule has 0 saturated heterocycles. The summed E-state index contributed by atoms with van der Waals surface area (Å²) in [7, 11) is 0. The Morgan fingerprint density at radius 1 is 1.56 bits per heavy atom. The van der Waals surface area contributed by atoms with E-state index in [-0.39, 0.29) is 12.0 Å². The second-order valence-corrected chi connectivity index (χ2v) is 3.37. The Hall–Kier alpha value is 0.250. The summed E-state index contributed by atoms with van der Waals surface area (Å²) in [5.74, 6) is 0.973. The van der Waals surface area contributed by atoms with Crippen molar-refractivity contribution in [2.75, 3.05) is 12.5 Å². The lowest BCUT2D eigenvalue weighted by Crippen LogP contribution is -2.29. The van der Waals surface area contributed by atoms with Crippen molar-refractivity contribution < 1.29 is 5.11 Å². The van der Waals surface area contributed by atoms with E-state index in [1.54, 1.807) is 0 Å². The SMILES string of the molecule is CC(C)C(C)(CO)CCl. The molecular formula is C7H15ClO. The molecule has 0 aliphatic heterocycles. The fourth-order valence-corrected chi connectivity index (χ4v) is 0.772. The van der Waals surface area contributed by atoms with E-state index in [0.29, 0.717) is 11.8 Å². The smallest absolute Gasteiger partial charge is 0.0498 e. The quantitative estimate of drug-likeness (QED) is 0.610. The molecule has 9 heavy (non-hydrogen) atoms. The summed E-state index contributed by atoms with van der Waals surface area (Å²) < 4.78 is 0. The van der Waals surface area contributed by atoms with Crippen LogP contribution in [0.1, 0.15) is 20.8 Å². The number of rotatable bonds is 3. The first kappa shape index (κ1) is 9.25. The molecule has 0 saturated carbocycles. The largest absolute Gasteiger partial charge is 0.396 e.